The van der Waals surface area contributed by atoms with E-state index in [2.05, 4.69) is 51.5 Å². The van der Waals surface area contributed by atoms with Gasteiger partial charge in [0, 0.05) is 12.0 Å². The van der Waals surface area contributed by atoms with Gasteiger partial charge in [-0.3, -0.25) is 4.79 Å². The fourth-order valence-corrected chi connectivity index (χ4v) is 4.21. The minimum absolute atomic E-state index is 0.0507. The minimum Gasteiger partial charge on any atom is -0.310 e. The Labute approximate surface area is 180 Å². The second-order valence-electron chi connectivity index (χ2n) is 8.31. The van der Waals surface area contributed by atoms with Crippen molar-refractivity contribution in [3.05, 3.63) is 53.6 Å². The van der Waals surface area contributed by atoms with Gasteiger partial charge in [-0.1, -0.05) is 18.9 Å². The average Bonchev–Trinajstić information content (AvgIpc) is 3.49. The molecule has 31 heavy (non-hydrogen) atoms. The number of rotatable bonds is 4. The molecule has 3 aromatic heterocycles. The Morgan fingerprint density at radius 2 is 1.84 bits per heavy atom. The maximum atomic E-state index is 12.7. The number of nitrogens with zero attached hydrogens (tertiary/aromatic N) is 6. The van der Waals surface area contributed by atoms with Gasteiger partial charge in [-0.05, 0) is 56.9 Å². The SMILES string of the molecule is Cc1cc(NC(=O)C2CCCC2)n(-c2ncnc3c2cnn3-c2ccc(C)c(C)c2)n1. The van der Waals surface area contributed by atoms with E-state index in [1.807, 2.05) is 19.1 Å². The molecule has 1 aliphatic carbocycles. The Morgan fingerprint density at radius 3 is 2.61 bits per heavy atom. The molecule has 158 valence electrons. The molecular weight excluding hydrogens is 390 g/mol. The molecule has 8 nitrogen and oxygen atoms in total. The summed E-state index contributed by atoms with van der Waals surface area (Å²) in [6.07, 6.45) is 7.37. The lowest BCUT2D eigenvalue weighted by Crippen LogP contribution is -2.22. The van der Waals surface area contributed by atoms with Crippen LogP contribution < -0.4 is 5.32 Å². The zero-order chi connectivity index (χ0) is 21.5. The standard InChI is InChI=1S/C23H25N7O/c1-14-8-9-18(10-15(14)2)29-21-19(12-26-29)22(25-13-24-21)30-20(11-16(3)28-30)27-23(31)17-6-4-5-7-17/h8-13,17H,4-7H2,1-3H3,(H,27,31). The van der Waals surface area contributed by atoms with Crippen molar-refractivity contribution < 1.29 is 4.79 Å². The van der Waals surface area contributed by atoms with Crippen LogP contribution in [0.1, 0.15) is 42.5 Å². The lowest BCUT2D eigenvalue weighted by atomic mass is 10.1. The van der Waals surface area contributed by atoms with Crippen LogP contribution in [-0.4, -0.2) is 35.4 Å². The number of carbonyl (C=O) groups excluding carboxylic acids is 1. The number of hydrogen-bond donors (Lipinski definition) is 1. The van der Waals surface area contributed by atoms with Crippen LogP contribution in [0, 0.1) is 26.7 Å². The van der Waals surface area contributed by atoms with Crippen LogP contribution in [0.5, 0.6) is 0 Å². The largest absolute Gasteiger partial charge is 0.310 e. The van der Waals surface area contributed by atoms with Gasteiger partial charge < -0.3 is 5.32 Å². The second-order valence-corrected chi connectivity index (χ2v) is 8.31. The molecule has 4 aromatic rings. The predicted molar refractivity (Wildman–Crippen MR) is 119 cm³/mol. The first kappa shape index (κ1) is 19.4. The van der Waals surface area contributed by atoms with Gasteiger partial charge in [-0.25, -0.2) is 14.6 Å². The van der Waals surface area contributed by atoms with E-state index in [4.69, 9.17) is 0 Å². The van der Waals surface area contributed by atoms with Crippen LogP contribution in [0.3, 0.4) is 0 Å². The molecule has 0 unspecified atom stereocenters. The Balaban J connectivity index is 1.56. The van der Waals surface area contributed by atoms with Gasteiger partial charge in [0.25, 0.3) is 0 Å². The normalized spacial score (nSPS) is 14.4. The summed E-state index contributed by atoms with van der Waals surface area (Å²) in [5.74, 6) is 1.33. The smallest absolute Gasteiger partial charge is 0.228 e. The van der Waals surface area contributed by atoms with E-state index in [0.29, 0.717) is 17.3 Å². The van der Waals surface area contributed by atoms with Crippen LogP contribution in [-0.2, 0) is 4.79 Å². The number of aryl methyl sites for hydroxylation is 3. The van der Waals surface area contributed by atoms with Gasteiger partial charge in [-0.15, -0.1) is 0 Å². The summed E-state index contributed by atoms with van der Waals surface area (Å²) in [5, 5.41) is 13.0. The van der Waals surface area contributed by atoms with Crippen molar-refractivity contribution in [2.75, 3.05) is 5.32 Å². The van der Waals surface area contributed by atoms with E-state index < -0.39 is 0 Å². The van der Waals surface area contributed by atoms with E-state index in [-0.39, 0.29) is 11.8 Å². The molecular formula is C23H25N7O. The number of hydrogen-bond acceptors (Lipinski definition) is 5. The molecule has 0 bridgehead atoms. The maximum absolute atomic E-state index is 12.7. The molecule has 0 saturated heterocycles. The molecule has 1 fully saturated rings. The zero-order valence-electron chi connectivity index (χ0n) is 18.0. The van der Waals surface area contributed by atoms with Crippen molar-refractivity contribution in [2.24, 2.45) is 5.92 Å². The van der Waals surface area contributed by atoms with E-state index in [1.165, 1.54) is 17.5 Å². The van der Waals surface area contributed by atoms with Crippen LogP contribution in [0.25, 0.3) is 22.5 Å². The van der Waals surface area contributed by atoms with Crippen LogP contribution in [0.15, 0.2) is 36.8 Å². The summed E-state index contributed by atoms with van der Waals surface area (Å²) in [6, 6.07) is 8.07. The van der Waals surface area contributed by atoms with Gasteiger partial charge in [0.05, 0.1) is 23.0 Å². The monoisotopic (exact) mass is 415 g/mol. The Morgan fingerprint density at radius 1 is 1.03 bits per heavy atom. The predicted octanol–water partition coefficient (Wildman–Crippen LogP) is 4.06. The molecule has 8 heteroatoms. The lowest BCUT2D eigenvalue weighted by molar-refractivity contribution is -0.119. The number of carbonyl (C=O) groups is 1. The van der Waals surface area contributed by atoms with E-state index in [1.54, 1.807) is 15.6 Å². The number of benzene rings is 1. The average molecular weight is 416 g/mol. The minimum atomic E-state index is 0.0507. The summed E-state index contributed by atoms with van der Waals surface area (Å²) < 4.78 is 3.48. The van der Waals surface area contributed by atoms with Crippen molar-refractivity contribution in [1.82, 2.24) is 29.5 Å². The van der Waals surface area contributed by atoms with E-state index >= 15 is 0 Å². The van der Waals surface area contributed by atoms with Crippen molar-refractivity contribution in [3.63, 3.8) is 0 Å². The van der Waals surface area contributed by atoms with Crippen molar-refractivity contribution >= 4 is 22.8 Å². The lowest BCUT2D eigenvalue weighted by Gasteiger charge is -2.12. The third-order valence-corrected chi connectivity index (χ3v) is 6.09. The molecule has 5 rings (SSSR count). The first-order chi connectivity index (χ1) is 15.0. The number of nitrogens with one attached hydrogen (secondary N) is 1. The molecule has 1 aliphatic rings. The van der Waals surface area contributed by atoms with Gasteiger partial charge in [0.1, 0.15) is 12.1 Å². The summed E-state index contributed by atoms with van der Waals surface area (Å²) in [7, 11) is 0. The summed E-state index contributed by atoms with van der Waals surface area (Å²) in [4.78, 5) is 21.7. The highest BCUT2D eigenvalue weighted by Crippen LogP contribution is 2.28. The number of amides is 1. The first-order valence-corrected chi connectivity index (χ1v) is 10.7. The van der Waals surface area contributed by atoms with Crippen LogP contribution >= 0.6 is 0 Å². The van der Waals surface area contributed by atoms with Crippen LogP contribution in [0.4, 0.5) is 5.82 Å². The van der Waals surface area contributed by atoms with E-state index in [0.717, 1.165) is 42.5 Å². The second kappa shape index (κ2) is 7.61. The first-order valence-electron chi connectivity index (χ1n) is 10.7. The van der Waals surface area contributed by atoms with Gasteiger partial charge in [0.15, 0.2) is 11.5 Å². The topological polar surface area (TPSA) is 90.5 Å². The van der Waals surface area contributed by atoms with Gasteiger partial charge in [0.2, 0.25) is 5.91 Å². The van der Waals surface area contributed by atoms with Crippen molar-refractivity contribution in [1.29, 1.82) is 0 Å². The molecule has 1 aromatic carbocycles. The van der Waals surface area contributed by atoms with Gasteiger partial charge in [-0.2, -0.15) is 14.9 Å². The molecule has 3 heterocycles. The van der Waals surface area contributed by atoms with Crippen molar-refractivity contribution in [3.8, 4) is 11.5 Å². The third-order valence-electron chi connectivity index (χ3n) is 6.09. The fourth-order valence-electron chi connectivity index (χ4n) is 4.21. The highest BCUT2D eigenvalue weighted by atomic mass is 16.2. The quantitative estimate of drug-likeness (QED) is 0.543. The molecule has 1 saturated carbocycles. The number of fused-ring (bicyclic) bond motifs is 1. The third kappa shape index (κ3) is 3.48. The number of anilines is 1. The molecule has 0 spiro atoms. The number of aromatic nitrogens is 6. The molecule has 0 atom stereocenters. The Hall–Kier alpha value is -3.55. The Bertz CT molecular complexity index is 1280. The molecule has 1 amide bonds. The zero-order valence-corrected chi connectivity index (χ0v) is 18.0. The maximum Gasteiger partial charge on any atom is 0.228 e. The van der Waals surface area contributed by atoms with Gasteiger partial charge >= 0.3 is 0 Å². The fraction of sp³-hybridized carbons (Fsp3) is 0.348. The highest BCUT2D eigenvalue weighted by molar-refractivity contribution is 5.93. The summed E-state index contributed by atoms with van der Waals surface area (Å²) in [6.45, 7) is 6.07. The molecule has 1 N–H and O–H groups in total. The Kier molecular flexibility index (Phi) is 4.77. The molecule has 0 radical (unpaired) electrons. The van der Waals surface area contributed by atoms with Crippen LogP contribution in [0.2, 0.25) is 0 Å². The summed E-state index contributed by atoms with van der Waals surface area (Å²) >= 11 is 0. The summed E-state index contributed by atoms with van der Waals surface area (Å²) in [5.41, 5.74) is 4.85. The van der Waals surface area contributed by atoms with Crippen molar-refractivity contribution in [2.45, 2.75) is 46.5 Å². The van der Waals surface area contributed by atoms with E-state index in [9.17, 15) is 4.79 Å². The highest BCUT2D eigenvalue weighted by Gasteiger charge is 2.24. The molecule has 0 aliphatic heterocycles.